The van der Waals surface area contributed by atoms with E-state index in [9.17, 15) is 22.8 Å². The van der Waals surface area contributed by atoms with Crippen LogP contribution in [0.5, 0.6) is 0 Å². The molecular weight excluding hydrogens is 423 g/mol. The molecule has 0 spiro atoms. The molecule has 1 aliphatic heterocycles. The molecule has 0 bridgehead atoms. The van der Waals surface area contributed by atoms with Crippen molar-refractivity contribution < 1.29 is 27.5 Å². The van der Waals surface area contributed by atoms with Gasteiger partial charge < -0.3 is 10.5 Å². The molecule has 0 radical (unpaired) electrons. The van der Waals surface area contributed by atoms with Crippen LogP contribution in [0.15, 0.2) is 71.5 Å². The first-order chi connectivity index (χ1) is 15.2. The van der Waals surface area contributed by atoms with Crippen LogP contribution in [-0.2, 0) is 20.5 Å². The second-order valence-corrected chi connectivity index (χ2v) is 7.53. The number of hydrogen-bond donors (Lipinski definition) is 1. The third-order valence-corrected chi connectivity index (χ3v) is 5.65. The number of Topliss-reactive ketones (excluding diaryl/α,β-unsaturated/α-hetero) is 1. The maximum atomic E-state index is 13.4. The molecule has 2 N–H and O–H groups in total. The smallest absolute Gasteiger partial charge is 0.416 e. The number of carbonyl (C=O) groups is 2. The van der Waals surface area contributed by atoms with Gasteiger partial charge in [-0.3, -0.25) is 14.7 Å². The Bertz CT molecular complexity index is 1140. The molecule has 0 unspecified atom stereocenters. The van der Waals surface area contributed by atoms with Gasteiger partial charge in [0.1, 0.15) is 5.82 Å². The Balaban J connectivity index is 1.99. The number of aromatic nitrogens is 1. The predicted molar refractivity (Wildman–Crippen MR) is 110 cm³/mol. The number of ketones is 1. The van der Waals surface area contributed by atoms with Crippen LogP contribution in [0.25, 0.3) is 0 Å². The van der Waals surface area contributed by atoms with Gasteiger partial charge in [-0.25, -0.2) is 4.79 Å². The average Bonchev–Trinajstić information content (AvgIpc) is 2.78. The first-order valence-electron chi connectivity index (χ1n) is 9.95. The molecule has 0 saturated carbocycles. The van der Waals surface area contributed by atoms with E-state index in [2.05, 4.69) is 4.98 Å². The molecule has 6 nitrogen and oxygen atoms in total. The Labute approximate surface area is 182 Å². The Hall–Kier alpha value is -3.62. The van der Waals surface area contributed by atoms with E-state index in [0.717, 1.165) is 12.1 Å². The van der Waals surface area contributed by atoms with Gasteiger partial charge >= 0.3 is 12.1 Å². The normalized spacial score (nSPS) is 19.2. The van der Waals surface area contributed by atoms with E-state index < -0.39 is 23.6 Å². The quantitative estimate of drug-likeness (QED) is 0.721. The summed E-state index contributed by atoms with van der Waals surface area (Å²) in [7, 11) is 1.18. The maximum Gasteiger partial charge on any atom is 0.416 e. The van der Waals surface area contributed by atoms with Crippen molar-refractivity contribution in [2.45, 2.75) is 31.4 Å². The van der Waals surface area contributed by atoms with E-state index in [1.54, 1.807) is 18.3 Å². The lowest BCUT2D eigenvalue weighted by Gasteiger charge is -2.40. The molecule has 9 heteroatoms. The molecule has 4 rings (SSSR count). The topological polar surface area (TPSA) is 85.5 Å². The molecule has 0 fully saturated rings. The fourth-order valence-corrected chi connectivity index (χ4v) is 4.29. The molecule has 32 heavy (non-hydrogen) atoms. The van der Waals surface area contributed by atoms with Crippen molar-refractivity contribution in [1.29, 1.82) is 0 Å². The number of ether oxygens (including phenoxy) is 1. The zero-order valence-electron chi connectivity index (χ0n) is 17.1. The molecule has 1 aromatic heterocycles. The summed E-state index contributed by atoms with van der Waals surface area (Å²) in [5.41, 5.74) is 7.06. The van der Waals surface area contributed by atoms with Crippen LogP contribution in [0, 0.1) is 0 Å². The lowest BCUT2D eigenvalue weighted by Crippen LogP contribution is -2.41. The molecule has 1 aromatic carbocycles. The van der Waals surface area contributed by atoms with E-state index in [1.807, 2.05) is 0 Å². The number of benzene rings is 1. The van der Waals surface area contributed by atoms with Crippen molar-refractivity contribution >= 4 is 17.4 Å². The molecule has 166 valence electrons. The number of nitrogens with two attached hydrogens (primary N) is 1. The molecule has 1 aliphatic carbocycles. The van der Waals surface area contributed by atoms with E-state index >= 15 is 0 Å². The molecule has 0 saturated heterocycles. The Morgan fingerprint density at radius 3 is 2.66 bits per heavy atom. The maximum absolute atomic E-state index is 13.4. The number of esters is 1. The molecule has 2 aromatic rings. The number of methoxy groups -OCH3 is 1. The molecule has 0 amide bonds. The van der Waals surface area contributed by atoms with E-state index in [-0.39, 0.29) is 29.3 Å². The second kappa shape index (κ2) is 8.14. The first kappa shape index (κ1) is 21.6. The van der Waals surface area contributed by atoms with Gasteiger partial charge in [-0.15, -0.1) is 0 Å². The Kier molecular flexibility index (Phi) is 5.50. The van der Waals surface area contributed by atoms with Crippen LogP contribution in [0.4, 0.5) is 18.9 Å². The highest BCUT2D eigenvalue weighted by atomic mass is 19.4. The van der Waals surface area contributed by atoms with Crippen molar-refractivity contribution in [2.24, 2.45) is 5.73 Å². The SMILES string of the molecule is COC(=O)C1=C(N)N(c2cccc(C(F)(F)F)c2)C2=C(C(=O)CCC2)[C@@H]1c1cccnc1. The molecular formula is C23H20F3N3O3. The van der Waals surface area contributed by atoms with Gasteiger partial charge in [-0.2, -0.15) is 13.2 Å². The number of halogens is 3. The minimum atomic E-state index is -4.56. The predicted octanol–water partition coefficient (Wildman–Crippen LogP) is 4.05. The van der Waals surface area contributed by atoms with Crippen LogP contribution in [-0.4, -0.2) is 23.8 Å². The number of hydrogen-bond acceptors (Lipinski definition) is 6. The number of rotatable bonds is 3. The Morgan fingerprint density at radius 1 is 1.22 bits per heavy atom. The van der Waals surface area contributed by atoms with Crippen LogP contribution in [0.1, 0.15) is 36.3 Å². The number of nitrogens with zero attached hydrogens (tertiary/aromatic N) is 2. The van der Waals surface area contributed by atoms with E-state index in [0.29, 0.717) is 29.7 Å². The van der Waals surface area contributed by atoms with Crippen LogP contribution >= 0.6 is 0 Å². The van der Waals surface area contributed by atoms with Crippen LogP contribution < -0.4 is 10.6 Å². The van der Waals surface area contributed by atoms with E-state index in [1.165, 1.54) is 30.3 Å². The van der Waals surface area contributed by atoms with Gasteiger partial charge in [0.2, 0.25) is 0 Å². The van der Waals surface area contributed by atoms with Gasteiger partial charge in [0.05, 0.1) is 24.2 Å². The highest BCUT2D eigenvalue weighted by Crippen LogP contribution is 2.47. The monoisotopic (exact) mass is 443 g/mol. The second-order valence-electron chi connectivity index (χ2n) is 7.53. The van der Waals surface area contributed by atoms with Crippen molar-refractivity contribution in [2.75, 3.05) is 12.0 Å². The van der Waals surface area contributed by atoms with Gasteiger partial charge in [0.25, 0.3) is 0 Å². The summed E-state index contributed by atoms with van der Waals surface area (Å²) in [6.07, 6.45) is -0.262. The molecule has 2 heterocycles. The highest BCUT2D eigenvalue weighted by molar-refractivity contribution is 6.05. The van der Waals surface area contributed by atoms with Gasteiger partial charge in [0.15, 0.2) is 5.78 Å². The van der Waals surface area contributed by atoms with Crippen molar-refractivity contribution in [3.63, 3.8) is 0 Å². The standard InChI is InChI=1S/C23H20F3N3O3/c1-32-22(31)20-18(13-5-4-10-28-12-13)19-16(8-3-9-17(19)30)29(21(20)27)15-7-2-6-14(11-15)23(24,25)26/h2,4-7,10-12,18H,3,8-9,27H2,1H3/t18-/m0/s1. The summed E-state index contributed by atoms with van der Waals surface area (Å²) in [4.78, 5) is 31.4. The number of carbonyl (C=O) groups excluding carboxylic acids is 2. The van der Waals surface area contributed by atoms with Crippen molar-refractivity contribution in [1.82, 2.24) is 4.98 Å². The summed E-state index contributed by atoms with van der Waals surface area (Å²) in [6.45, 7) is 0. The summed E-state index contributed by atoms with van der Waals surface area (Å²) < 4.78 is 45.0. The van der Waals surface area contributed by atoms with Crippen LogP contribution in [0.3, 0.4) is 0 Å². The first-order valence-corrected chi connectivity index (χ1v) is 9.95. The van der Waals surface area contributed by atoms with Crippen molar-refractivity contribution in [3.05, 3.63) is 82.6 Å². The Morgan fingerprint density at radius 2 is 2.00 bits per heavy atom. The summed E-state index contributed by atoms with van der Waals surface area (Å²) in [6, 6.07) is 8.03. The largest absolute Gasteiger partial charge is 0.466 e. The van der Waals surface area contributed by atoms with Crippen molar-refractivity contribution in [3.8, 4) is 0 Å². The number of anilines is 1. The van der Waals surface area contributed by atoms with Crippen LogP contribution in [0.2, 0.25) is 0 Å². The fraction of sp³-hybridized carbons (Fsp3) is 0.261. The lowest BCUT2D eigenvalue weighted by atomic mass is 9.75. The van der Waals surface area contributed by atoms with E-state index in [4.69, 9.17) is 10.5 Å². The number of pyridine rings is 1. The third-order valence-electron chi connectivity index (χ3n) is 5.65. The van der Waals surface area contributed by atoms with Gasteiger partial charge in [0, 0.05) is 35.8 Å². The summed E-state index contributed by atoms with van der Waals surface area (Å²) >= 11 is 0. The average molecular weight is 443 g/mol. The lowest BCUT2D eigenvalue weighted by molar-refractivity contribution is -0.138. The number of alkyl halides is 3. The van der Waals surface area contributed by atoms with Gasteiger partial charge in [-0.05, 0) is 42.7 Å². The zero-order valence-corrected chi connectivity index (χ0v) is 17.1. The molecule has 2 aliphatic rings. The number of allylic oxidation sites excluding steroid dienone is 2. The minimum absolute atomic E-state index is 0.00749. The zero-order chi connectivity index (χ0) is 23.0. The summed E-state index contributed by atoms with van der Waals surface area (Å²) in [5, 5.41) is 0. The minimum Gasteiger partial charge on any atom is -0.466 e. The highest BCUT2D eigenvalue weighted by Gasteiger charge is 2.43. The van der Waals surface area contributed by atoms with Gasteiger partial charge in [-0.1, -0.05) is 12.1 Å². The molecule has 1 atom stereocenters. The fourth-order valence-electron chi connectivity index (χ4n) is 4.29. The summed E-state index contributed by atoms with van der Waals surface area (Å²) in [5.74, 6) is -1.84. The third kappa shape index (κ3) is 3.63.